The number of allylic oxidation sites excluding steroid dienone is 2. The van der Waals surface area contributed by atoms with Crippen molar-refractivity contribution in [3.05, 3.63) is 12.2 Å². The maximum Gasteiger partial charge on any atom is 0.305 e. The summed E-state index contributed by atoms with van der Waals surface area (Å²) in [5.41, 5.74) is 0. The lowest BCUT2D eigenvalue weighted by atomic mass is 9.85. The third-order valence-corrected chi connectivity index (χ3v) is 6.41. The average molecular weight is 413 g/mol. The number of ether oxygens (including phenoxy) is 3. The van der Waals surface area contributed by atoms with E-state index in [2.05, 4.69) is 23.8 Å². The number of carbonyl (C=O) groups excluding carboxylic acids is 1. The zero-order valence-electron chi connectivity index (χ0n) is 18.2. The molecule has 3 unspecified atom stereocenters. The van der Waals surface area contributed by atoms with Crippen molar-refractivity contribution in [2.75, 3.05) is 20.3 Å². The minimum atomic E-state index is -0.503. The molecule has 6 heteroatoms. The van der Waals surface area contributed by atoms with Crippen LogP contribution in [0.5, 0.6) is 0 Å². The Labute approximate surface area is 175 Å². The predicted octanol–water partition coefficient (Wildman–Crippen LogP) is 3.74. The highest BCUT2D eigenvalue weighted by Gasteiger charge is 2.43. The van der Waals surface area contributed by atoms with Crippen LogP contribution in [0.15, 0.2) is 12.2 Å². The summed E-state index contributed by atoms with van der Waals surface area (Å²) in [6.07, 6.45) is 12.3. The SMILES string of the molecule is CCCCCC1(CC[C@H]2C(O)CC(O)C2C/C=C\CCCC(=O)OC)OCCO1. The Hall–Kier alpha value is -0.950. The molecule has 4 atom stereocenters. The minimum Gasteiger partial charge on any atom is -0.469 e. The topological polar surface area (TPSA) is 85.2 Å². The monoisotopic (exact) mass is 412 g/mol. The van der Waals surface area contributed by atoms with Gasteiger partial charge in [-0.25, -0.2) is 0 Å². The van der Waals surface area contributed by atoms with Gasteiger partial charge in [-0.15, -0.1) is 0 Å². The van der Waals surface area contributed by atoms with Gasteiger partial charge >= 0.3 is 5.97 Å². The first-order chi connectivity index (χ1) is 14.0. The van der Waals surface area contributed by atoms with Crippen LogP contribution in [0.25, 0.3) is 0 Å². The van der Waals surface area contributed by atoms with Crippen LogP contribution in [0.1, 0.15) is 77.6 Å². The zero-order valence-corrected chi connectivity index (χ0v) is 18.2. The second-order valence-electron chi connectivity index (χ2n) is 8.48. The number of carbonyl (C=O) groups is 1. The Bertz CT molecular complexity index is 500. The number of esters is 1. The van der Waals surface area contributed by atoms with E-state index in [4.69, 9.17) is 9.47 Å². The van der Waals surface area contributed by atoms with Gasteiger partial charge in [0.05, 0.1) is 32.5 Å². The lowest BCUT2D eigenvalue weighted by Gasteiger charge is -2.31. The van der Waals surface area contributed by atoms with Crippen molar-refractivity contribution in [1.82, 2.24) is 0 Å². The Balaban J connectivity index is 1.82. The first-order valence-electron chi connectivity index (χ1n) is 11.4. The Morgan fingerprint density at radius 2 is 1.79 bits per heavy atom. The lowest BCUT2D eigenvalue weighted by molar-refractivity contribution is -0.171. The molecule has 2 fully saturated rings. The molecule has 6 nitrogen and oxygen atoms in total. The molecule has 29 heavy (non-hydrogen) atoms. The van der Waals surface area contributed by atoms with E-state index in [0.29, 0.717) is 26.1 Å². The van der Waals surface area contributed by atoms with E-state index in [1.54, 1.807) is 0 Å². The highest BCUT2D eigenvalue weighted by Crippen LogP contribution is 2.41. The molecule has 0 spiro atoms. The molecule has 0 aromatic heterocycles. The largest absolute Gasteiger partial charge is 0.469 e. The summed E-state index contributed by atoms with van der Waals surface area (Å²) in [5.74, 6) is -0.579. The Kier molecular flexibility index (Phi) is 10.6. The van der Waals surface area contributed by atoms with E-state index in [0.717, 1.165) is 51.4 Å². The van der Waals surface area contributed by atoms with E-state index in [1.165, 1.54) is 13.5 Å². The van der Waals surface area contributed by atoms with Gasteiger partial charge in [0.15, 0.2) is 5.79 Å². The van der Waals surface area contributed by atoms with Crippen molar-refractivity contribution in [1.29, 1.82) is 0 Å². The third kappa shape index (κ3) is 7.67. The highest BCUT2D eigenvalue weighted by molar-refractivity contribution is 5.69. The molecule has 2 aliphatic rings. The van der Waals surface area contributed by atoms with Gasteiger partial charge in [0.1, 0.15) is 0 Å². The zero-order chi connectivity index (χ0) is 21.1. The van der Waals surface area contributed by atoms with Crippen LogP contribution in [0.2, 0.25) is 0 Å². The van der Waals surface area contributed by atoms with Crippen LogP contribution >= 0.6 is 0 Å². The van der Waals surface area contributed by atoms with E-state index >= 15 is 0 Å². The molecule has 1 aliphatic carbocycles. The minimum absolute atomic E-state index is 0.0518. The molecule has 1 saturated heterocycles. The number of rotatable bonds is 13. The van der Waals surface area contributed by atoms with E-state index in [1.807, 2.05) is 0 Å². The summed E-state index contributed by atoms with van der Waals surface area (Å²) in [6, 6.07) is 0. The van der Waals surface area contributed by atoms with E-state index in [-0.39, 0.29) is 17.8 Å². The third-order valence-electron chi connectivity index (χ3n) is 6.41. The van der Waals surface area contributed by atoms with Crippen molar-refractivity contribution in [3.63, 3.8) is 0 Å². The first kappa shape index (κ1) is 24.3. The van der Waals surface area contributed by atoms with Crippen LogP contribution in [-0.4, -0.2) is 54.5 Å². The number of unbranched alkanes of at least 4 members (excludes halogenated alkanes) is 3. The summed E-state index contributed by atoms with van der Waals surface area (Å²) >= 11 is 0. The van der Waals surface area contributed by atoms with Gasteiger partial charge in [-0.2, -0.15) is 0 Å². The fraction of sp³-hybridized carbons (Fsp3) is 0.870. The number of hydrogen-bond acceptors (Lipinski definition) is 6. The summed E-state index contributed by atoms with van der Waals surface area (Å²) in [5, 5.41) is 21.0. The summed E-state index contributed by atoms with van der Waals surface area (Å²) in [6.45, 7) is 3.46. The smallest absolute Gasteiger partial charge is 0.305 e. The molecule has 0 bridgehead atoms. The number of hydrogen-bond donors (Lipinski definition) is 2. The average Bonchev–Trinajstić information content (AvgIpc) is 3.27. The van der Waals surface area contributed by atoms with Crippen LogP contribution in [0, 0.1) is 11.8 Å². The number of methoxy groups -OCH3 is 1. The molecule has 0 amide bonds. The molecular weight excluding hydrogens is 372 g/mol. The van der Waals surface area contributed by atoms with Gasteiger partial charge in [0, 0.05) is 19.3 Å². The number of aliphatic hydroxyl groups is 2. The van der Waals surface area contributed by atoms with Crippen molar-refractivity contribution in [2.24, 2.45) is 11.8 Å². The van der Waals surface area contributed by atoms with Gasteiger partial charge in [-0.05, 0) is 50.4 Å². The summed E-state index contributed by atoms with van der Waals surface area (Å²) in [4.78, 5) is 11.1. The quantitative estimate of drug-likeness (QED) is 0.272. The highest BCUT2D eigenvalue weighted by atomic mass is 16.7. The molecule has 2 N–H and O–H groups in total. The second-order valence-corrected chi connectivity index (χ2v) is 8.48. The van der Waals surface area contributed by atoms with Gasteiger partial charge < -0.3 is 24.4 Å². The van der Waals surface area contributed by atoms with Gasteiger partial charge in [0.25, 0.3) is 0 Å². The van der Waals surface area contributed by atoms with E-state index < -0.39 is 18.0 Å². The van der Waals surface area contributed by atoms with Crippen molar-refractivity contribution in [2.45, 2.75) is 95.5 Å². The number of aliphatic hydroxyl groups excluding tert-OH is 2. The standard InChI is InChI=1S/C23H40O6/c1-3-4-9-13-23(28-15-16-29-23)14-12-19-18(20(24)17-21(19)25)10-7-5-6-8-11-22(26)27-2/h5,7,18-21,24-25H,3-4,6,8-17H2,1-2H3/b7-5-/t18?,19-,20?,21?/m1/s1. The normalized spacial score (nSPS) is 29.0. The van der Waals surface area contributed by atoms with Crippen molar-refractivity contribution < 1.29 is 29.2 Å². The fourth-order valence-electron chi connectivity index (χ4n) is 4.69. The molecule has 1 aliphatic heterocycles. The molecule has 1 saturated carbocycles. The van der Waals surface area contributed by atoms with Gasteiger partial charge in [-0.1, -0.05) is 31.9 Å². The van der Waals surface area contributed by atoms with Gasteiger partial charge in [-0.3, -0.25) is 4.79 Å². The van der Waals surface area contributed by atoms with Crippen molar-refractivity contribution in [3.8, 4) is 0 Å². The van der Waals surface area contributed by atoms with Crippen LogP contribution in [0.4, 0.5) is 0 Å². The predicted molar refractivity (Wildman–Crippen MR) is 111 cm³/mol. The molecule has 0 radical (unpaired) electrons. The lowest BCUT2D eigenvalue weighted by Crippen LogP contribution is -2.33. The summed E-state index contributed by atoms with van der Waals surface area (Å²) in [7, 11) is 1.40. The Morgan fingerprint density at radius 1 is 1.07 bits per heavy atom. The molecular formula is C23H40O6. The first-order valence-corrected chi connectivity index (χ1v) is 11.4. The molecule has 0 aromatic carbocycles. The second kappa shape index (κ2) is 12.7. The molecule has 1 heterocycles. The van der Waals surface area contributed by atoms with Crippen molar-refractivity contribution >= 4 is 5.97 Å². The van der Waals surface area contributed by atoms with Crippen LogP contribution in [-0.2, 0) is 19.0 Å². The van der Waals surface area contributed by atoms with Crippen LogP contribution in [0.3, 0.4) is 0 Å². The molecule has 2 rings (SSSR count). The summed E-state index contributed by atoms with van der Waals surface area (Å²) < 4.78 is 16.6. The molecule has 168 valence electrons. The van der Waals surface area contributed by atoms with E-state index in [9.17, 15) is 15.0 Å². The maximum absolute atomic E-state index is 11.1. The maximum atomic E-state index is 11.1. The van der Waals surface area contributed by atoms with Crippen LogP contribution < -0.4 is 0 Å². The molecule has 0 aromatic rings. The van der Waals surface area contributed by atoms with Gasteiger partial charge in [0.2, 0.25) is 0 Å². The fourth-order valence-corrected chi connectivity index (χ4v) is 4.69. The Morgan fingerprint density at radius 3 is 2.48 bits per heavy atom.